The number of amides is 1. The summed E-state index contributed by atoms with van der Waals surface area (Å²) in [6, 6.07) is 5.11. The normalized spacial score (nSPS) is 19.8. The van der Waals surface area contributed by atoms with Gasteiger partial charge in [0.1, 0.15) is 11.5 Å². The highest BCUT2D eigenvalue weighted by atomic mass is 32.2. The zero-order valence-corrected chi connectivity index (χ0v) is 8.39. The van der Waals surface area contributed by atoms with E-state index in [1.165, 1.54) is 0 Å². The number of hydrogen-bond acceptors (Lipinski definition) is 3. The van der Waals surface area contributed by atoms with Crippen LogP contribution in [-0.2, 0) is 15.6 Å². The number of carbonyl (C=O) groups is 1. The van der Waals surface area contributed by atoms with E-state index >= 15 is 0 Å². The van der Waals surface area contributed by atoms with Gasteiger partial charge in [-0.25, -0.2) is 0 Å². The highest BCUT2D eigenvalue weighted by Crippen LogP contribution is 2.27. The minimum atomic E-state index is -1.22. The summed E-state index contributed by atoms with van der Waals surface area (Å²) in [5.74, 6) is 0.464. The molecule has 1 atom stereocenters. The molecule has 1 heterocycles. The standard InChI is InChI=1S/C9H9NO3S/c1-13-6-2-3-8-7(4-6)10-9(11)5-14(8)12/h2-4H,5H2,1H3,(H,10,11). The Hall–Kier alpha value is -1.36. The van der Waals surface area contributed by atoms with Gasteiger partial charge in [-0.2, -0.15) is 0 Å². The Morgan fingerprint density at radius 1 is 1.50 bits per heavy atom. The Kier molecular flexibility index (Phi) is 2.25. The largest absolute Gasteiger partial charge is 0.497 e. The second-order valence-electron chi connectivity index (χ2n) is 2.90. The van der Waals surface area contributed by atoms with Crippen LogP contribution in [0.3, 0.4) is 0 Å². The first-order valence-corrected chi connectivity index (χ1v) is 5.39. The SMILES string of the molecule is COc1ccc2c(c1)NC(=O)CS2=O. The quantitative estimate of drug-likeness (QED) is 0.746. The average molecular weight is 211 g/mol. The molecule has 1 aromatic rings. The van der Waals surface area contributed by atoms with Crippen molar-refractivity contribution in [1.82, 2.24) is 0 Å². The first-order chi connectivity index (χ1) is 6.70. The first kappa shape index (κ1) is 9.21. The maximum Gasteiger partial charge on any atom is 0.237 e. The van der Waals surface area contributed by atoms with Gasteiger partial charge in [0.25, 0.3) is 0 Å². The van der Waals surface area contributed by atoms with Crippen LogP contribution in [0, 0.1) is 0 Å². The smallest absolute Gasteiger partial charge is 0.237 e. The maximum absolute atomic E-state index is 11.5. The highest BCUT2D eigenvalue weighted by Gasteiger charge is 2.21. The van der Waals surface area contributed by atoms with E-state index in [2.05, 4.69) is 5.32 Å². The number of fused-ring (bicyclic) bond motifs is 1. The molecule has 14 heavy (non-hydrogen) atoms. The molecular formula is C9H9NO3S. The molecular weight excluding hydrogens is 202 g/mol. The van der Waals surface area contributed by atoms with Crippen molar-refractivity contribution in [2.45, 2.75) is 4.90 Å². The monoisotopic (exact) mass is 211 g/mol. The third kappa shape index (κ3) is 1.50. The Balaban J connectivity index is 2.49. The van der Waals surface area contributed by atoms with Gasteiger partial charge in [0.2, 0.25) is 5.91 Å². The Bertz CT molecular complexity index is 417. The van der Waals surface area contributed by atoms with Crippen LogP contribution < -0.4 is 10.1 Å². The van der Waals surface area contributed by atoms with Crippen LogP contribution in [0.2, 0.25) is 0 Å². The van der Waals surface area contributed by atoms with E-state index in [0.29, 0.717) is 16.3 Å². The lowest BCUT2D eigenvalue weighted by Gasteiger charge is -2.16. The zero-order valence-electron chi connectivity index (χ0n) is 7.57. The van der Waals surface area contributed by atoms with E-state index in [9.17, 15) is 9.00 Å². The van der Waals surface area contributed by atoms with Gasteiger partial charge in [-0.1, -0.05) is 0 Å². The van der Waals surface area contributed by atoms with Gasteiger partial charge in [-0.3, -0.25) is 9.00 Å². The summed E-state index contributed by atoms with van der Waals surface area (Å²) in [6.45, 7) is 0. The van der Waals surface area contributed by atoms with Gasteiger partial charge in [-0.05, 0) is 12.1 Å². The third-order valence-corrected chi connectivity index (χ3v) is 3.34. The molecule has 0 aliphatic carbocycles. The van der Waals surface area contributed by atoms with Crippen LogP contribution in [0.4, 0.5) is 5.69 Å². The molecule has 2 rings (SSSR count). The second kappa shape index (κ2) is 3.42. The minimum Gasteiger partial charge on any atom is -0.497 e. The van der Waals surface area contributed by atoms with Crippen molar-refractivity contribution in [3.63, 3.8) is 0 Å². The fourth-order valence-electron chi connectivity index (χ4n) is 1.32. The van der Waals surface area contributed by atoms with Crippen molar-refractivity contribution in [3.8, 4) is 5.75 Å². The molecule has 0 spiro atoms. The van der Waals surface area contributed by atoms with Gasteiger partial charge in [-0.15, -0.1) is 0 Å². The van der Waals surface area contributed by atoms with E-state index in [4.69, 9.17) is 4.74 Å². The second-order valence-corrected chi connectivity index (χ2v) is 4.32. The molecule has 0 radical (unpaired) electrons. The molecule has 1 amide bonds. The summed E-state index contributed by atoms with van der Waals surface area (Å²) in [5.41, 5.74) is 0.582. The Labute approximate surface area is 83.7 Å². The molecule has 4 nitrogen and oxygen atoms in total. The number of ether oxygens (including phenoxy) is 1. The Morgan fingerprint density at radius 3 is 3.00 bits per heavy atom. The number of methoxy groups -OCH3 is 1. The van der Waals surface area contributed by atoms with Crippen molar-refractivity contribution in [1.29, 1.82) is 0 Å². The van der Waals surface area contributed by atoms with Crippen LogP contribution >= 0.6 is 0 Å². The maximum atomic E-state index is 11.5. The summed E-state index contributed by atoms with van der Waals surface area (Å²) in [5, 5.41) is 2.65. The molecule has 1 N–H and O–H groups in total. The number of nitrogens with one attached hydrogen (secondary N) is 1. The fourth-order valence-corrected chi connectivity index (χ4v) is 2.36. The molecule has 0 bridgehead atoms. The molecule has 1 aliphatic rings. The van der Waals surface area contributed by atoms with Crippen LogP contribution in [0.15, 0.2) is 23.1 Å². The topological polar surface area (TPSA) is 55.4 Å². The van der Waals surface area contributed by atoms with E-state index in [1.807, 2.05) is 0 Å². The first-order valence-electron chi connectivity index (χ1n) is 4.07. The number of hydrogen-bond donors (Lipinski definition) is 1. The molecule has 1 unspecified atom stereocenters. The van der Waals surface area contributed by atoms with Gasteiger partial charge in [0.05, 0.1) is 28.5 Å². The molecule has 5 heteroatoms. The number of anilines is 1. The number of rotatable bonds is 1. The third-order valence-electron chi connectivity index (χ3n) is 1.97. The summed E-state index contributed by atoms with van der Waals surface area (Å²) in [6.07, 6.45) is 0. The predicted molar refractivity (Wildman–Crippen MR) is 52.9 cm³/mol. The predicted octanol–water partition coefficient (Wildman–Crippen LogP) is 0.755. The summed E-state index contributed by atoms with van der Waals surface area (Å²) in [7, 11) is 0.322. The van der Waals surface area contributed by atoms with Gasteiger partial charge in [0, 0.05) is 6.07 Å². The van der Waals surface area contributed by atoms with Crippen LogP contribution in [0.25, 0.3) is 0 Å². The van der Waals surface area contributed by atoms with Gasteiger partial charge < -0.3 is 10.1 Å². The molecule has 0 saturated heterocycles. The van der Waals surface area contributed by atoms with E-state index in [-0.39, 0.29) is 11.7 Å². The average Bonchev–Trinajstić information content (AvgIpc) is 2.16. The lowest BCUT2D eigenvalue weighted by Crippen LogP contribution is -2.25. The van der Waals surface area contributed by atoms with Crippen molar-refractivity contribution in [2.75, 3.05) is 18.2 Å². The van der Waals surface area contributed by atoms with E-state index < -0.39 is 10.8 Å². The minimum absolute atomic E-state index is 0.0410. The fraction of sp³-hybridized carbons (Fsp3) is 0.222. The molecule has 1 aliphatic heterocycles. The van der Waals surface area contributed by atoms with Crippen molar-refractivity contribution in [3.05, 3.63) is 18.2 Å². The van der Waals surface area contributed by atoms with Crippen LogP contribution in [0.1, 0.15) is 0 Å². The van der Waals surface area contributed by atoms with Gasteiger partial charge >= 0.3 is 0 Å². The van der Waals surface area contributed by atoms with Crippen LogP contribution in [-0.4, -0.2) is 23.0 Å². The van der Waals surface area contributed by atoms with Crippen molar-refractivity contribution >= 4 is 22.4 Å². The van der Waals surface area contributed by atoms with E-state index in [0.717, 1.165) is 0 Å². The number of carbonyl (C=O) groups excluding carboxylic acids is 1. The van der Waals surface area contributed by atoms with Gasteiger partial charge in [0.15, 0.2) is 0 Å². The number of benzene rings is 1. The van der Waals surface area contributed by atoms with Crippen molar-refractivity contribution < 1.29 is 13.7 Å². The molecule has 1 aromatic carbocycles. The van der Waals surface area contributed by atoms with Crippen molar-refractivity contribution in [2.24, 2.45) is 0 Å². The Morgan fingerprint density at radius 2 is 2.29 bits per heavy atom. The van der Waals surface area contributed by atoms with Crippen LogP contribution in [0.5, 0.6) is 5.75 Å². The molecule has 0 fully saturated rings. The lowest BCUT2D eigenvalue weighted by atomic mass is 10.3. The summed E-state index contributed by atoms with van der Waals surface area (Å²) < 4.78 is 16.5. The lowest BCUT2D eigenvalue weighted by molar-refractivity contribution is -0.113. The highest BCUT2D eigenvalue weighted by molar-refractivity contribution is 7.86. The summed E-state index contributed by atoms with van der Waals surface area (Å²) in [4.78, 5) is 11.7. The zero-order chi connectivity index (χ0) is 10.1. The molecule has 0 saturated carbocycles. The molecule has 74 valence electrons. The molecule has 0 aromatic heterocycles. The van der Waals surface area contributed by atoms with E-state index in [1.54, 1.807) is 25.3 Å². The summed E-state index contributed by atoms with van der Waals surface area (Å²) >= 11 is 0.